The number of piperazine rings is 1. The molecule has 4 aromatic heterocycles. The number of carbonyl (C=O) groups excluding carboxylic acids is 1. The van der Waals surface area contributed by atoms with Gasteiger partial charge in [-0.2, -0.15) is 0 Å². The summed E-state index contributed by atoms with van der Waals surface area (Å²) in [6.45, 7) is 4.28. The first-order chi connectivity index (χ1) is 15.2. The van der Waals surface area contributed by atoms with Gasteiger partial charge in [-0.3, -0.25) is 14.8 Å². The van der Waals surface area contributed by atoms with Crippen molar-refractivity contribution in [2.24, 2.45) is 0 Å². The first-order valence-corrected chi connectivity index (χ1v) is 9.96. The lowest BCUT2D eigenvalue weighted by molar-refractivity contribution is 0.0714. The smallest absolute Gasteiger partial charge is 0.289 e. The predicted octanol–water partition coefficient (Wildman–Crippen LogP) is 3.06. The third-order valence-electron chi connectivity index (χ3n) is 5.31. The molecule has 4 aromatic rings. The summed E-state index contributed by atoms with van der Waals surface area (Å²) in [5, 5.41) is 0. The highest BCUT2D eigenvalue weighted by atomic mass is 16.3. The summed E-state index contributed by atoms with van der Waals surface area (Å²) in [7, 11) is 0. The molecule has 1 aliphatic rings. The van der Waals surface area contributed by atoms with Crippen LogP contribution < -0.4 is 4.90 Å². The average Bonchev–Trinajstić information content (AvgIpc) is 3.51. The molecule has 9 nitrogen and oxygen atoms in total. The lowest BCUT2D eigenvalue weighted by atomic mass is 10.1. The van der Waals surface area contributed by atoms with Crippen LogP contribution in [0.4, 0.5) is 5.95 Å². The standard InChI is InChI=1S/C22H20N6O3/c1-15-16(4-12-30-15)20-17(18-14-23-5-6-24-18)13-25-22(26-20)28-9-7-27(8-10-28)21(29)19-3-2-11-31-19/h2-6,11-14H,7-10H2,1H3. The van der Waals surface area contributed by atoms with Gasteiger partial charge in [-0.05, 0) is 25.1 Å². The molecule has 0 N–H and O–H groups in total. The number of aryl methyl sites for hydroxylation is 1. The van der Waals surface area contributed by atoms with E-state index in [1.807, 2.05) is 13.0 Å². The minimum absolute atomic E-state index is 0.0988. The van der Waals surface area contributed by atoms with Crippen LogP contribution in [0.25, 0.3) is 22.5 Å². The molecule has 5 heterocycles. The molecule has 0 aliphatic carbocycles. The lowest BCUT2D eigenvalue weighted by Crippen LogP contribution is -2.49. The van der Waals surface area contributed by atoms with Crippen LogP contribution in [0.15, 0.2) is 64.3 Å². The molecule has 0 bridgehead atoms. The Morgan fingerprint density at radius 2 is 1.84 bits per heavy atom. The van der Waals surface area contributed by atoms with Crippen LogP contribution in [0.5, 0.6) is 0 Å². The van der Waals surface area contributed by atoms with E-state index >= 15 is 0 Å². The molecule has 1 fully saturated rings. The van der Waals surface area contributed by atoms with Crippen LogP contribution in [0, 0.1) is 6.92 Å². The van der Waals surface area contributed by atoms with Crippen LogP contribution in [-0.4, -0.2) is 56.9 Å². The van der Waals surface area contributed by atoms with E-state index in [0.717, 1.165) is 22.6 Å². The van der Waals surface area contributed by atoms with Gasteiger partial charge in [0.2, 0.25) is 5.95 Å². The van der Waals surface area contributed by atoms with Crippen molar-refractivity contribution in [3.63, 3.8) is 0 Å². The van der Waals surface area contributed by atoms with E-state index in [2.05, 4.69) is 19.9 Å². The van der Waals surface area contributed by atoms with Crippen molar-refractivity contribution in [2.75, 3.05) is 31.1 Å². The van der Waals surface area contributed by atoms with E-state index in [-0.39, 0.29) is 5.91 Å². The number of hydrogen-bond donors (Lipinski definition) is 0. The number of anilines is 1. The summed E-state index contributed by atoms with van der Waals surface area (Å²) in [6, 6.07) is 5.29. The van der Waals surface area contributed by atoms with E-state index in [9.17, 15) is 4.79 Å². The van der Waals surface area contributed by atoms with Gasteiger partial charge in [0.1, 0.15) is 5.76 Å². The van der Waals surface area contributed by atoms with E-state index in [0.29, 0.717) is 43.6 Å². The summed E-state index contributed by atoms with van der Waals surface area (Å²) in [5.74, 6) is 1.63. The number of furan rings is 2. The van der Waals surface area contributed by atoms with Gasteiger partial charge in [0.25, 0.3) is 5.91 Å². The molecule has 1 saturated heterocycles. The Kier molecular flexibility index (Phi) is 4.91. The van der Waals surface area contributed by atoms with Crippen molar-refractivity contribution >= 4 is 11.9 Å². The topological polar surface area (TPSA) is 101 Å². The summed E-state index contributed by atoms with van der Waals surface area (Å²) in [4.78, 5) is 34.4. The average molecular weight is 416 g/mol. The minimum Gasteiger partial charge on any atom is -0.469 e. The van der Waals surface area contributed by atoms with Crippen LogP contribution in [0.2, 0.25) is 0 Å². The van der Waals surface area contributed by atoms with E-state index in [1.54, 1.807) is 48.1 Å². The van der Waals surface area contributed by atoms with Crippen LogP contribution in [0.3, 0.4) is 0 Å². The third kappa shape index (κ3) is 3.65. The van der Waals surface area contributed by atoms with Crippen molar-refractivity contribution in [3.8, 4) is 22.5 Å². The molecular weight excluding hydrogens is 396 g/mol. The highest BCUT2D eigenvalue weighted by Crippen LogP contribution is 2.32. The molecule has 0 unspecified atom stereocenters. The first kappa shape index (κ1) is 19.0. The quantitative estimate of drug-likeness (QED) is 0.500. The second kappa shape index (κ2) is 8.02. The van der Waals surface area contributed by atoms with Gasteiger partial charge >= 0.3 is 0 Å². The molecule has 156 valence electrons. The van der Waals surface area contributed by atoms with Crippen molar-refractivity contribution in [1.29, 1.82) is 0 Å². The summed E-state index contributed by atoms with van der Waals surface area (Å²) < 4.78 is 10.7. The molecule has 0 atom stereocenters. The Bertz CT molecular complexity index is 1180. The van der Waals surface area contributed by atoms with E-state index < -0.39 is 0 Å². The van der Waals surface area contributed by atoms with Gasteiger partial charge < -0.3 is 18.6 Å². The second-order valence-electron chi connectivity index (χ2n) is 7.17. The Balaban J connectivity index is 1.42. The van der Waals surface area contributed by atoms with Gasteiger partial charge in [0.15, 0.2) is 5.76 Å². The first-order valence-electron chi connectivity index (χ1n) is 9.96. The molecule has 5 rings (SSSR count). The van der Waals surface area contributed by atoms with Crippen LogP contribution >= 0.6 is 0 Å². The molecular formula is C22H20N6O3. The molecule has 1 amide bonds. The number of amides is 1. The third-order valence-corrected chi connectivity index (χ3v) is 5.31. The minimum atomic E-state index is -0.0988. The van der Waals surface area contributed by atoms with Crippen molar-refractivity contribution in [3.05, 3.63) is 67.0 Å². The summed E-state index contributed by atoms with van der Waals surface area (Å²) in [6.07, 6.45) is 9.89. The Labute approximate surface area is 178 Å². The van der Waals surface area contributed by atoms with Gasteiger partial charge in [-0.1, -0.05) is 0 Å². The number of carbonyl (C=O) groups is 1. The number of hydrogen-bond acceptors (Lipinski definition) is 8. The normalized spacial score (nSPS) is 14.1. The summed E-state index contributed by atoms with van der Waals surface area (Å²) >= 11 is 0. The SMILES string of the molecule is Cc1occc1-c1nc(N2CCN(C(=O)c3ccco3)CC2)ncc1-c1cnccn1. The molecule has 9 heteroatoms. The van der Waals surface area contributed by atoms with E-state index in [1.165, 1.54) is 6.26 Å². The number of rotatable bonds is 4. The van der Waals surface area contributed by atoms with Gasteiger partial charge in [0.05, 0.1) is 30.1 Å². The number of nitrogens with zero attached hydrogens (tertiary/aromatic N) is 6. The predicted molar refractivity (Wildman–Crippen MR) is 112 cm³/mol. The summed E-state index contributed by atoms with van der Waals surface area (Å²) in [5.41, 5.74) is 3.10. The second-order valence-corrected chi connectivity index (χ2v) is 7.17. The largest absolute Gasteiger partial charge is 0.469 e. The Hall–Kier alpha value is -4.01. The van der Waals surface area contributed by atoms with Crippen molar-refractivity contribution in [2.45, 2.75) is 6.92 Å². The number of aromatic nitrogens is 4. The van der Waals surface area contributed by atoms with Gasteiger partial charge in [0, 0.05) is 55.9 Å². The van der Waals surface area contributed by atoms with Crippen molar-refractivity contribution in [1.82, 2.24) is 24.8 Å². The lowest BCUT2D eigenvalue weighted by Gasteiger charge is -2.34. The molecule has 0 saturated carbocycles. The van der Waals surface area contributed by atoms with Crippen LogP contribution in [-0.2, 0) is 0 Å². The fourth-order valence-corrected chi connectivity index (χ4v) is 3.65. The van der Waals surface area contributed by atoms with E-state index in [4.69, 9.17) is 13.8 Å². The molecule has 31 heavy (non-hydrogen) atoms. The maximum atomic E-state index is 12.5. The molecule has 0 aromatic carbocycles. The molecule has 0 radical (unpaired) electrons. The maximum absolute atomic E-state index is 12.5. The maximum Gasteiger partial charge on any atom is 0.289 e. The zero-order valence-electron chi connectivity index (χ0n) is 16.9. The Morgan fingerprint density at radius 3 is 2.52 bits per heavy atom. The van der Waals surface area contributed by atoms with Crippen molar-refractivity contribution < 1.29 is 13.6 Å². The zero-order chi connectivity index (χ0) is 21.2. The van der Waals surface area contributed by atoms with Gasteiger partial charge in [-0.25, -0.2) is 9.97 Å². The molecule has 1 aliphatic heterocycles. The highest BCUT2D eigenvalue weighted by Gasteiger charge is 2.26. The fourth-order valence-electron chi connectivity index (χ4n) is 3.65. The monoisotopic (exact) mass is 416 g/mol. The highest BCUT2D eigenvalue weighted by molar-refractivity contribution is 5.91. The zero-order valence-corrected chi connectivity index (χ0v) is 16.9. The molecule has 0 spiro atoms. The fraction of sp³-hybridized carbons (Fsp3) is 0.227. The van der Waals surface area contributed by atoms with Gasteiger partial charge in [-0.15, -0.1) is 0 Å². The Morgan fingerprint density at radius 1 is 0.968 bits per heavy atom. The van der Waals surface area contributed by atoms with Crippen LogP contribution in [0.1, 0.15) is 16.3 Å².